The van der Waals surface area contributed by atoms with Crippen molar-refractivity contribution in [3.8, 4) is 0 Å². The molecule has 0 bridgehead atoms. The Morgan fingerprint density at radius 2 is 1.29 bits per heavy atom. The smallest absolute Gasteiger partial charge is 0.0275 e. The Labute approximate surface area is 207 Å². The largest absolute Gasteiger partial charge is 0.0654 e. The molecule has 0 aromatic heterocycles. The lowest BCUT2D eigenvalue weighted by Gasteiger charge is -2.39. The molecular weight excluding hydrogens is 508 g/mol. The number of halogens is 2. The molecule has 0 nitrogen and oxygen atoms in total. The molecule has 1 aromatic carbocycles. The van der Waals surface area contributed by atoms with E-state index in [9.17, 15) is 0 Å². The first-order valence-electron chi connectivity index (χ1n) is 12.7. The third-order valence-electron chi connectivity index (χ3n) is 7.18. The standard InChI is InChI=1S/C29H40Br2/c1-3-5-7-9-11-13-19-29(20-14-12-10-8-6-4-2)27-22-23-21-24(30)15-16-25(23)26(27)17-18-28(29)31/h15-18,21-22H,3-14,19-20H2,1-2H3. The lowest BCUT2D eigenvalue weighted by atomic mass is 9.68. The average molecular weight is 548 g/mol. The highest BCUT2D eigenvalue weighted by Gasteiger charge is 2.41. The molecule has 2 aliphatic rings. The fraction of sp³-hybridized carbons (Fsp3) is 0.586. The van der Waals surface area contributed by atoms with E-state index in [1.54, 1.807) is 5.57 Å². The van der Waals surface area contributed by atoms with Crippen LogP contribution in [0, 0.1) is 5.41 Å². The minimum absolute atomic E-state index is 0.158. The Balaban J connectivity index is 1.76. The van der Waals surface area contributed by atoms with Crippen LogP contribution in [0.4, 0.5) is 0 Å². The zero-order valence-electron chi connectivity index (χ0n) is 19.6. The Hall–Kier alpha value is -0.600. The SMILES string of the molecule is CCCCCCCCC1(CCCCCCCC)C(Br)=CC=C2C1=Cc1cc(Br)ccc12. The summed E-state index contributed by atoms with van der Waals surface area (Å²) in [5.74, 6) is 0. The normalized spacial score (nSPS) is 16.5. The van der Waals surface area contributed by atoms with Crippen molar-refractivity contribution in [3.63, 3.8) is 0 Å². The Morgan fingerprint density at radius 1 is 0.710 bits per heavy atom. The topological polar surface area (TPSA) is 0 Å². The van der Waals surface area contributed by atoms with Crippen molar-refractivity contribution in [2.45, 2.75) is 104 Å². The summed E-state index contributed by atoms with van der Waals surface area (Å²) in [5, 5.41) is 0. The van der Waals surface area contributed by atoms with Gasteiger partial charge in [-0.1, -0.05) is 141 Å². The summed E-state index contributed by atoms with van der Waals surface area (Å²) in [6, 6.07) is 6.77. The van der Waals surface area contributed by atoms with Crippen LogP contribution in [0.2, 0.25) is 0 Å². The zero-order chi connectivity index (χ0) is 22.1. The van der Waals surface area contributed by atoms with E-state index in [1.165, 1.54) is 116 Å². The first-order chi connectivity index (χ1) is 15.1. The third kappa shape index (κ3) is 6.26. The molecule has 170 valence electrons. The zero-order valence-corrected chi connectivity index (χ0v) is 22.8. The first kappa shape index (κ1) is 25.0. The van der Waals surface area contributed by atoms with Crippen LogP contribution in [0.3, 0.4) is 0 Å². The fourth-order valence-corrected chi connectivity index (χ4v) is 6.47. The molecule has 0 heterocycles. The number of hydrogen-bond acceptors (Lipinski definition) is 0. The van der Waals surface area contributed by atoms with Crippen LogP contribution >= 0.6 is 31.9 Å². The molecule has 0 aliphatic heterocycles. The molecule has 31 heavy (non-hydrogen) atoms. The Morgan fingerprint density at radius 3 is 1.90 bits per heavy atom. The molecule has 2 heteroatoms. The van der Waals surface area contributed by atoms with Crippen molar-refractivity contribution in [1.82, 2.24) is 0 Å². The van der Waals surface area contributed by atoms with Crippen LogP contribution in [0.25, 0.3) is 11.6 Å². The molecule has 0 saturated heterocycles. The van der Waals surface area contributed by atoms with Gasteiger partial charge < -0.3 is 0 Å². The Kier molecular flexibility index (Phi) is 10.2. The van der Waals surface area contributed by atoms with Crippen LogP contribution in [0.15, 0.2) is 44.9 Å². The van der Waals surface area contributed by atoms with Crippen LogP contribution < -0.4 is 0 Å². The van der Waals surface area contributed by atoms with Gasteiger partial charge in [-0.05, 0) is 53.3 Å². The fourth-order valence-electron chi connectivity index (χ4n) is 5.34. The van der Waals surface area contributed by atoms with E-state index in [1.807, 2.05) is 0 Å². The van der Waals surface area contributed by atoms with Gasteiger partial charge in [0.25, 0.3) is 0 Å². The average Bonchev–Trinajstić information content (AvgIpc) is 3.13. The van der Waals surface area contributed by atoms with Gasteiger partial charge in [0.1, 0.15) is 0 Å². The lowest BCUT2D eigenvalue weighted by Crippen LogP contribution is -2.26. The van der Waals surface area contributed by atoms with Crippen molar-refractivity contribution < 1.29 is 0 Å². The van der Waals surface area contributed by atoms with Gasteiger partial charge in [0.05, 0.1) is 0 Å². The van der Waals surface area contributed by atoms with E-state index in [-0.39, 0.29) is 5.41 Å². The second-order valence-electron chi connectivity index (χ2n) is 9.50. The van der Waals surface area contributed by atoms with E-state index in [4.69, 9.17) is 0 Å². The number of benzene rings is 1. The highest BCUT2D eigenvalue weighted by atomic mass is 79.9. The van der Waals surface area contributed by atoms with Crippen LogP contribution in [0.5, 0.6) is 0 Å². The summed E-state index contributed by atoms with van der Waals surface area (Å²) < 4.78 is 2.58. The van der Waals surface area contributed by atoms with Crippen LogP contribution in [0.1, 0.15) is 115 Å². The van der Waals surface area contributed by atoms with Crippen molar-refractivity contribution in [2.75, 3.05) is 0 Å². The molecule has 0 amide bonds. The molecule has 0 saturated carbocycles. The summed E-state index contributed by atoms with van der Waals surface area (Å²) in [5.41, 5.74) is 5.97. The number of hydrogen-bond donors (Lipinski definition) is 0. The van der Waals surface area contributed by atoms with Crippen molar-refractivity contribution >= 4 is 43.5 Å². The van der Waals surface area contributed by atoms with Gasteiger partial charge in [0, 0.05) is 14.4 Å². The van der Waals surface area contributed by atoms with Gasteiger partial charge in [0.2, 0.25) is 0 Å². The van der Waals surface area contributed by atoms with Gasteiger partial charge in [-0.2, -0.15) is 0 Å². The summed E-state index contributed by atoms with van der Waals surface area (Å²) in [6.45, 7) is 4.60. The van der Waals surface area contributed by atoms with Crippen molar-refractivity contribution in [2.24, 2.45) is 5.41 Å². The van der Waals surface area contributed by atoms with E-state index in [0.29, 0.717) is 0 Å². The molecular formula is C29H40Br2. The molecule has 0 N–H and O–H groups in total. The van der Waals surface area contributed by atoms with E-state index < -0.39 is 0 Å². The third-order valence-corrected chi connectivity index (χ3v) is 8.69. The molecule has 0 spiro atoms. The maximum atomic E-state index is 4.06. The molecule has 1 aromatic rings. The number of fused-ring (bicyclic) bond motifs is 3. The molecule has 0 atom stereocenters. The number of unbranched alkanes of at least 4 members (excludes halogenated alkanes) is 10. The van der Waals surface area contributed by atoms with Gasteiger partial charge in [-0.3, -0.25) is 0 Å². The monoisotopic (exact) mass is 546 g/mol. The van der Waals surface area contributed by atoms with Gasteiger partial charge in [-0.15, -0.1) is 0 Å². The Bertz CT molecular complexity index is 796. The quantitative estimate of drug-likeness (QED) is 0.203. The molecule has 0 radical (unpaired) electrons. The van der Waals surface area contributed by atoms with Crippen LogP contribution in [-0.2, 0) is 0 Å². The predicted molar refractivity (Wildman–Crippen MR) is 146 cm³/mol. The van der Waals surface area contributed by atoms with Gasteiger partial charge >= 0.3 is 0 Å². The summed E-state index contributed by atoms with van der Waals surface area (Å²) in [6.07, 6.45) is 26.1. The molecule has 0 fully saturated rings. The highest BCUT2D eigenvalue weighted by molar-refractivity contribution is 9.11. The van der Waals surface area contributed by atoms with Crippen molar-refractivity contribution in [3.05, 3.63) is 56.0 Å². The van der Waals surface area contributed by atoms with E-state index >= 15 is 0 Å². The molecule has 3 rings (SSSR count). The minimum Gasteiger partial charge on any atom is -0.0654 e. The predicted octanol–water partition coefficient (Wildman–Crippen LogP) is 11.0. The minimum atomic E-state index is 0.158. The second kappa shape index (κ2) is 12.6. The first-order valence-corrected chi connectivity index (χ1v) is 14.3. The molecule has 0 unspecified atom stereocenters. The highest BCUT2D eigenvalue weighted by Crippen LogP contribution is 2.57. The molecule has 2 aliphatic carbocycles. The van der Waals surface area contributed by atoms with E-state index in [0.717, 1.165) is 0 Å². The summed E-state index contributed by atoms with van der Waals surface area (Å²) in [7, 11) is 0. The summed E-state index contributed by atoms with van der Waals surface area (Å²) >= 11 is 7.74. The van der Waals surface area contributed by atoms with Gasteiger partial charge in [0.15, 0.2) is 0 Å². The maximum absolute atomic E-state index is 4.06. The lowest BCUT2D eigenvalue weighted by molar-refractivity contribution is 0.355. The van der Waals surface area contributed by atoms with Crippen LogP contribution in [-0.4, -0.2) is 0 Å². The van der Waals surface area contributed by atoms with Crippen molar-refractivity contribution in [1.29, 1.82) is 0 Å². The summed E-state index contributed by atoms with van der Waals surface area (Å²) in [4.78, 5) is 0. The number of allylic oxidation sites excluding steroid dienone is 5. The maximum Gasteiger partial charge on any atom is 0.0275 e. The van der Waals surface area contributed by atoms with E-state index in [2.05, 4.69) is 82.1 Å². The number of rotatable bonds is 14. The van der Waals surface area contributed by atoms with Gasteiger partial charge in [-0.25, -0.2) is 0 Å². The second-order valence-corrected chi connectivity index (χ2v) is 11.3.